The number of aliphatic carboxylic acids is 1. The van der Waals surface area contributed by atoms with Gasteiger partial charge in [-0.3, -0.25) is 4.79 Å². The van der Waals surface area contributed by atoms with Gasteiger partial charge in [0.1, 0.15) is 0 Å². The lowest BCUT2D eigenvalue weighted by atomic mass is 9.73. The number of nitrogens with zero attached hydrogens (tertiary/aromatic N) is 1. The molecule has 0 aromatic carbocycles. The van der Waals surface area contributed by atoms with E-state index in [0.717, 1.165) is 19.3 Å². The molecule has 1 saturated heterocycles. The van der Waals surface area contributed by atoms with Gasteiger partial charge in [0.05, 0.1) is 5.41 Å². The van der Waals surface area contributed by atoms with Crippen LogP contribution in [-0.2, 0) is 4.79 Å². The zero-order valence-electron chi connectivity index (χ0n) is 9.37. The second-order valence-electron chi connectivity index (χ2n) is 4.80. The van der Waals surface area contributed by atoms with Gasteiger partial charge in [-0.2, -0.15) is 0 Å². The van der Waals surface area contributed by atoms with Crippen LogP contribution in [0.15, 0.2) is 0 Å². The van der Waals surface area contributed by atoms with Crippen molar-refractivity contribution in [2.45, 2.75) is 32.1 Å². The van der Waals surface area contributed by atoms with Crippen molar-refractivity contribution in [2.75, 3.05) is 19.6 Å². The van der Waals surface area contributed by atoms with E-state index in [1.165, 1.54) is 0 Å². The third-order valence-electron chi connectivity index (χ3n) is 3.70. The highest BCUT2D eigenvalue weighted by Gasteiger charge is 2.42. The average molecular weight is 226 g/mol. The summed E-state index contributed by atoms with van der Waals surface area (Å²) in [6.45, 7) is 1.64. The van der Waals surface area contributed by atoms with Gasteiger partial charge in [0.2, 0.25) is 0 Å². The Labute approximate surface area is 94.8 Å². The Kier molecular flexibility index (Phi) is 3.03. The molecule has 1 aliphatic carbocycles. The molecule has 2 rings (SSSR count). The number of amides is 2. The van der Waals surface area contributed by atoms with Gasteiger partial charge in [-0.25, -0.2) is 4.79 Å². The summed E-state index contributed by atoms with van der Waals surface area (Å²) < 4.78 is 0. The fourth-order valence-electron chi connectivity index (χ4n) is 2.70. The normalized spacial score (nSPS) is 24.2. The van der Waals surface area contributed by atoms with Crippen LogP contribution in [-0.4, -0.2) is 41.6 Å². The van der Waals surface area contributed by atoms with Crippen molar-refractivity contribution in [1.82, 2.24) is 10.2 Å². The van der Waals surface area contributed by atoms with E-state index in [2.05, 4.69) is 5.32 Å². The molecule has 0 unspecified atom stereocenters. The van der Waals surface area contributed by atoms with E-state index >= 15 is 0 Å². The zero-order chi connectivity index (χ0) is 11.6. The summed E-state index contributed by atoms with van der Waals surface area (Å²) >= 11 is 0. The van der Waals surface area contributed by atoms with Gasteiger partial charge >= 0.3 is 12.0 Å². The predicted molar refractivity (Wildman–Crippen MR) is 58.1 cm³/mol. The maximum atomic E-state index is 11.4. The van der Waals surface area contributed by atoms with Crippen LogP contribution in [0.3, 0.4) is 0 Å². The van der Waals surface area contributed by atoms with E-state index in [1.807, 2.05) is 0 Å². The van der Waals surface area contributed by atoms with Crippen LogP contribution in [0, 0.1) is 5.41 Å². The molecule has 0 aromatic rings. The topological polar surface area (TPSA) is 69.6 Å². The fourth-order valence-corrected chi connectivity index (χ4v) is 2.70. The van der Waals surface area contributed by atoms with Crippen LogP contribution in [0.2, 0.25) is 0 Å². The Morgan fingerprint density at radius 1 is 1.38 bits per heavy atom. The molecule has 0 atom stereocenters. The molecule has 5 heteroatoms. The Bertz CT molecular complexity index is 298. The summed E-state index contributed by atoms with van der Waals surface area (Å²) in [7, 11) is 0. The Morgan fingerprint density at radius 3 is 2.56 bits per heavy atom. The minimum absolute atomic E-state index is 0.119. The first-order valence-corrected chi connectivity index (χ1v) is 5.90. The molecular formula is C11H18N2O3. The summed E-state index contributed by atoms with van der Waals surface area (Å²) in [5.41, 5.74) is -0.695. The molecule has 90 valence electrons. The minimum atomic E-state index is -0.744. The molecule has 5 nitrogen and oxygen atoms in total. The first kappa shape index (κ1) is 11.2. The Hall–Kier alpha value is -1.26. The highest BCUT2D eigenvalue weighted by molar-refractivity contribution is 5.79. The van der Waals surface area contributed by atoms with E-state index in [4.69, 9.17) is 0 Å². The lowest BCUT2D eigenvalue weighted by Crippen LogP contribution is -2.45. The van der Waals surface area contributed by atoms with Crippen LogP contribution in [0.25, 0.3) is 0 Å². The molecule has 2 aliphatic rings. The molecule has 0 radical (unpaired) electrons. The number of carbonyl (C=O) groups is 2. The highest BCUT2D eigenvalue weighted by atomic mass is 16.4. The number of carbonyl (C=O) groups excluding carboxylic acids is 1. The summed E-state index contributed by atoms with van der Waals surface area (Å²) in [6, 6.07) is -0.119. The van der Waals surface area contributed by atoms with E-state index in [1.54, 1.807) is 4.90 Å². The molecule has 0 spiro atoms. The van der Waals surface area contributed by atoms with Gasteiger partial charge in [-0.1, -0.05) is 19.3 Å². The van der Waals surface area contributed by atoms with Crippen molar-refractivity contribution in [3.8, 4) is 0 Å². The molecule has 2 fully saturated rings. The fraction of sp³-hybridized carbons (Fsp3) is 0.818. The predicted octanol–water partition coefficient (Wildman–Crippen LogP) is 1.05. The van der Waals surface area contributed by atoms with E-state index < -0.39 is 11.4 Å². The van der Waals surface area contributed by atoms with Crippen LogP contribution >= 0.6 is 0 Å². The number of hydrogen-bond donors (Lipinski definition) is 2. The number of carboxylic acid groups (broad SMARTS) is 1. The van der Waals surface area contributed by atoms with Crippen molar-refractivity contribution < 1.29 is 14.7 Å². The van der Waals surface area contributed by atoms with Crippen LogP contribution in [0.5, 0.6) is 0 Å². The molecule has 1 aliphatic heterocycles. The van der Waals surface area contributed by atoms with Gasteiger partial charge in [-0.15, -0.1) is 0 Å². The maximum absolute atomic E-state index is 11.4. The third-order valence-corrected chi connectivity index (χ3v) is 3.70. The van der Waals surface area contributed by atoms with Crippen molar-refractivity contribution >= 4 is 12.0 Å². The molecule has 1 saturated carbocycles. The average Bonchev–Trinajstić information content (AvgIpc) is 2.65. The summed E-state index contributed by atoms with van der Waals surface area (Å²) in [6.07, 6.45) is 4.43. The second-order valence-corrected chi connectivity index (χ2v) is 4.80. The number of nitrogens with one attached hydrogen (secondary N) is 1. The third kappa shape index (κ3) is 1.99. The van der Waals surface area contributed by atoms with Gasteiger partial charge in [0.25, 0.3) is 0 Å². The smallest absolute Gasteiger partial charge is 0.317 e. The van der Waals surface area contributed by atoms with E-state index in [9.17, 15) is 14.7 Å². The summed E-state index contributed by atoms with van der Waals surface area (Å²) in [4.78, 5) is 24.5. The lowest BCUT2D eigenvalue weighted by molar-refractivity contribution is -0.151. The van der Waals surface area contributed by atoms with Gasteiger partial charge in [-0.05, 0) is 12.8 Å². The van der Waals surface area contributed by atoms with E-state index in [-0.39, 0.29) is 6.03 Å². The van der Waals surface area contributed by atoms with Gasteiger partial charge in [0.15, 0.2) is 0 Å². The van der Waals surface area contributed by atoms with Gasteiger partial charge in [0, 0.05) is 19.6 Å². The minimum Gasteiger partial charge on any atom is -0.481 e. The van der Waals surface area contributed by atoms with Crippen LogP contribution < -0.4 is 5.32 Å². The van der Waals surface area contributed by atoms with Crippen LogP contribution in [0.4, 0.5) is 4.79 Å². The monoisotopic (exact) mass is 226 g/mol. The first-order chi connectivity index (χ1) is 7.64. The lowest BCUT2D eigenvalue weighted by Gasteiger charge is -2.35. The quantitative estimate of drug-likeness (QED) is 0.755. The molecule has 16 heavy (non-hydrogen) atoms. The number of rotatable bonds is 3. The molecule has 1 heterocycles. The Balaban J connectivity index is 2.07. The Morgan fingerprint density at radius 2 is 2.06 bits per heavy atom. The van der Waals surface area contributed by atoms with Gasteiger partial charge < -0.3 is 15.3 Å². The van der Waals surface area contributed by atoms with Crippen LogP contribution in [0.1, 0.15) is 32.1 Å². The zero-order valence-corrected chi connectivity index (χ0v) is 9.37. The molecular weight excluding hydrogens is 208 g/mol. The second kappa shape index (κ2) is 4.31. The number of hydrogen-bond acceptors (Lipinski definition) is 2. The summed E-state index contributed by atoms with van der Waals surface area (Å²) in [5, 5.41) is 12.1. The maximum Gasteiger partial charge on any atom is 0.317 e. The highest BCUT2D eigenvalue weighted by Crippen LogP contribution is 2.37. The standard InChI is InChI=1S/C11H18N2O3/c14-9(15)11(4-2-1-3-5-11)8-13-7-6-12-10(13)16/h1-8H2,(H,12,16)(H,14,15). The molecule has 0 bridgehead atoms. The number of carboxylic acids is 1. The molecule has 2 amide bonds. The van der Waals surface area contributed by atoms with Crippen molar-refractivity contribution in [2.24, 2.45) is 5.41 Å². The SMILES string of the molecule is O=C1NCCN1CC1(C(=O)O)CCCCC1. The number of urea groups is 1. The van der Waals surface area contributed by atoms with E-state index in [0.29, 0.717) is 32.5 Å². The first-order valence-electron chi connectivity index (χ1n) is 5.90. The van der Waals surface area contributed by atoms with Crippen molar-refractivity contribution in [1.29, 1.82) is 0 Å². The largest absolute Gasteiger partial charge is 0.481 e. The van der Waals surface area contributed by atoms with Crippen molar-refractivity contribution in [3.05, 3.63) is 0 Å². The van der Waals surface area contributed by atoms with Crippen molar-refractivity contribution in [3.63, 3.8) is 0 Å². The summed E-state index contributed by atoms with van der Waals surface area (Å²) in [5.74, 6) is -0.744. The molecule has 0 aromatic heterocycles. The molecule has 2 N–H and O–H groups in total.